The summed E-state index contributed by atoms with van der Waals surface area (Å²) >= 11 is 0. The smallest absolute Gasteiger partial charge is 0.160 e. The summed E-state index contributed by atoms with van der Waals surface area (Å²) in [5.41, 5.74) is 1.97. The van der Waals surface area contributed by atoms with Crippen LogP contribution >= 0.6 is 0 Å². The molecule has 18 heavy (non-hydrogen) atoms. The minimum absolute atomic E-state index is 0.152. The van der Waals surface area contributed by atoms with Crippen molar-refractivity contribution in [3.05, 3.63) is 24.2 Å². The number of nitrogens with zero attached hydrogens (tertiary/aromatic N) is 3. The van der Waals surface area contributed by atoms with E-state index in [1.54, 1.807) is 0 Å². The van der Waals surface area contributed by atoms with Crippen LogP contribution in [0.4, 0.5) is 0 Å². The molecule has 0 aromatic carbocycles. The number of aryl methyl sites for hydroxylation is 1. The number of aromatic nitrogens is 3. The minimum Gasteiger partial charge on any atom is -0.370 e. The molecule has 1 unspecified atom stereocenters. The molecule has 0 amide bonds. The van der Waals surface area contributed by atoms with Crippen LogP contribution in [0.3, 0.4) is 0 Å². The Bertz CT molecular complexity index is 529. The van der Waals surface area contributed by atoms with E-state index in [9.17, 15) is 0 Å². The first kappa shape index (κ1) is 11.7. The van der Waals surface area contributed by atoms with E-state index >= 15 is 0 Å². The maximum Gasteiger partial charge on any atom is 0.160 e. The first-order chi connectivity index (χ1) is 8.90. The van der Waals surface area contributed by atoms with Gasteiger partial charge in [0.2, 0.25) is 0 Å². The second-order valence-corrected chi connectivity index (χ2v) is 4.82. The Morgan fingerprint density at radius 1 is 1.44 bits per heavy atom. The Hall–Kier alpha value is -1.42. The van der Waals surface area contributed by atoms with Crippen molar-refractivity contribution in [2.24, 2.45) is 0 Å². The average Bonchev–Trinajstić information content (AvgIpc) is 2.80. The van der Waals surface area contributed by atoms with Gasteiger partial charge in [0.1, 0.15) is 17.4 Å². The Morgan fingerprint density at radius 3 is 3.17 bits per heavy atom. The third-order valence-electron chi connectivity index (χ3n) is 3.45. The van der Waals surface area contributed by atoms with Crippen LogP contribution in [-0.2, 0) is 11.3 Å². The molecule has 0 aliphatic carbocycles. The predicted octanol–water partition coefficient (Wildman–Crippen LogP) is 3.08. The topological polar surface area (TPSA) is 39.9 Å². The highest BCUT2D eigenvalue weighted by atomic mass is 16.5. The van der Waals surface area contributed by atoms with Gasteiger partial charge in [0.15, 0.2) is 5.65 Å². The largest absolute Gasteiger partial charge is 0.370 e. The van der Waals surface area contributed by atoms with E-state index in [2.05, 4.69) is 16.5 Å². The van der Waals surface area contributed by atoms with Crippen molar-refractivity contribution >= 4 is 11.2 Å². The highest BCUT2D eigenvalue weighted by molar-refractivity contribution is 5.71. The monoisotopic (exact) mass is 245 g/mol. The van der Waals surface area contributed by atoms with Crippen LogP contribution in [0.15, 0.2) is 18.3 Å². The van der Waals surface area contributed by atoms with E-state index in [0.717, 1.165) is 43.0 Å². The van der Waals surface area contributed by atoms with Gasteiger partial charge >= 0.3 is 0 Å². The van der Waals surface area contributed by atoms with E-state index in [4.69, 9.17) is 9.72 Å². The number of rotatable bonds is 3. The maximum absolute atomic E-state index is 5.87. The van der Waals surface area contributed by atoms with Crippen molar-refractivity contribution in [2.45, 2.75) is 45.3 Å². The fourth-order valence-corrected chi connectivity index (χ4v) is 2.61. The number of pyridine rings is 1. The third kappa shape index (κ3) is 2.01. The molecule has 0 bridgehead atoms. The predicted molar refractivity (Wildman–Crippen MR) is 70.4 cm³/mol. The van der Waals surface area contributed by atoms with Crippen molar-refractivity contribution in [3.63, 3.8) is 0 Å². The van der Waals surface area contributed by atoms with Gasteiger partial charge in [-0.25, -0.2) is 9.97 Å². The molecule has 3 heterocycles. The van der Waals surface area contributed by atoms with E-state index in [-0.39, 0.29) is 6.10 Å². The highest BCUT2D eigenvalue weighted by Crippen LogP contribution is 2.29. The molecule has 1 aliphatic heterocycles. The average molecular weight is 245 g/mol. The highest BCUT2D eigenvalue weighted by Gasteiger charge is 2.23. The molecule has 0 N–H and O–H groups in total. The van der Waals surface area contributed by atoms with Gasteiger partial charge in [-0.1, -0.05) is 6.92 Å². The van der Waals surface area contributed by atoms with Gasteiger partial charge in [0.25, 0.3) is 0 Å². The summed E-state index contributed by atoms with van der Waals surface area (Å²) in [4.78, 5) is 9.19. The molecule has 2 aromatic rings. The Kier molecular flexibility index (Phi) is 3.28. The van der Waals surface area contributed by atoms with E-state index < -0.39 is 0 Å². The van der Waals surface area contributed by atoms with Crippen molar-refractivity contribution in [2.75, 3.05) is 6.61 Å². The summed E-state index contributed by atoms with van der Waals surface area (Å²) in [6, 6.07) is 3.97. The van der Waals surface area contributed by atoms with Gasteiger partial charge in [-0.15, -0.1) is 0 Å². The number of hydrogen-bond acceptors (Lipinski definition) is 3. The van der Waals surface area contributed by atoms with Crippen molar-refractivity contribution in [1.82, 2.24) is 14.5 Å². The molecule has 1 saturated heterocycles. The molecule has 2 aromatic heterocycles. The van der Waals surface area contributed by atoms with Gasteiger partial charge in [-0.05, 0) is 37.8 Å². The van der Waals surface area contributed by atoms with Gasteiger partial charge in [0, 0.05) is 19.3 Å². The molecular weight excluding hydrogens is 226 g/mol. The summed E-state index contributed by atoms with van der Waals surface area (Å²) in [6.45, 7) is 4.00. The fraction of sp³-hybridized carbons (Fsp3) is 0.571. The molecule has 4 nitrogen and oxygen atoms in total. The molecule has 1 fully saturated rings. The second kappa shape index (κ2) is 5.06. The standard InChI is InChI=1S/C14H19N3O/c1-2-9-17-13-11(6-5-8-15-13)16-14(17)12-7-3-4-10-18-12/h5-6,8,12H,2-4,7,9-10H2,1H3. The zero-order chi connectivity index (χ0) is 12.4. The molecular formula is C14H19N3O. The third-order valence-corrected chi connectivity index (χ3v) is 3.45. The lowest BCUT2D eigenvalue weighted by atomic mass is 10.1. The van der Waals surface area contributed by atoms with E-state index in [0.29, 0.717) is 0 Å². The molecule has 96 valence electrons. The lowest BCUT2D eigenvalue weighted by molar-refractivity contribution is 0.00759. The maximum atomic E-state index is 5.87. The summed E-state index contributed by atoms with van der Waals surface area (Å²) in [5.74, 6) is 1.06. The van der Waals surface area contributed by atoms with Crippen molar-refractivity contribution in [3.8, 4) is 0 Å². The van der Waals surface area contributed by atoms with Crippen LogP contribution in [-0.4, -0.2) is 21.1 Å². The van der Waals surface area contributed by atoms with Crippen molar-refractivity contribution < 1.29 is 4.74 Å². The Morgan fingerprint density at radius 2 is 2.39 bits per heavy atom. The molecule has 1 aliphatic rings. The van der Waals surface area contributed by atoms with Crippen LogP contribution in [0.5, 0.6) is 0 Å². The zero-order valence-electron chi connectivity index (χ0n) is 10.8. The summed E-state index contributed by atoms with van der Waals surface area (Å²) in [7, 11) is 0. The summed E-state index contributed by atoms with van der Waals surface area (Å²) < 4.78 is 8.10. The van der Waals surface area contributed by atoms with Crippen LogP contribution in [0, 0.1) is 0 Å². The van der Waals surface area contributed by atoms with Crippen LogP contribution in [0.2, 0.25) is 0 Å². The Labute approximate surface area is 107 Å². The van der Waals surface area contributed by atoms with E-state index in [1.807, 2.05) is 18.3 Å². The lowest BCUT2D eigenvalue weighted by Gasteiger charge is -2.22. The molecule has 0 radical (unpaired) electrons. The lowest BCUT2D eigenvalue weighted by Crippen LogP contribution is -2.16. The fourth-order valence-electron chi connectivity index (χ4n) is 2.61. The van der Waals surface area contributed by atoms with Crippen molar-refractivity contribution in [1.29, 1.82) is 0 Å². The van der Waals surface area contributed by atoms with Gasteiger partial charge in [-0.2, -0.15) is 0 Å². The molecule has 3 rings (SSSR count). The number of imidazole rings is 1. The molecule has 0 saturated carbocycles. The number of hydrogen-bond donors (Lipinski definition) is 0. The molecule has 0 spiro atoms. The molecule has 4 heteroatoms. The number of fused-ring (bicyclic) bond motifs is 1. The molecule has 1 atom stereocenters. The van der Waals surface area contributed by atoms with Crippen LogP contribution < -0.4 is 0 Å². The van der Waals surface area contributed by atoms with Gasteiger partial charge in [-0.3, -0.25) is 0 Å². The van der Waals surface area contributed by atoms with E-state index in [1.165, 1.54) is 12.8 Å². The van der Waals surface area contributed by atoms with Crippen LogP contribution in [0.25, 0.3) is 11.2 Å². The normalized spacial score (nSPS) is 20.4. The minimum atomic E-state index is 0.152. The quantitative estimate of drug-likeness (QED) is 0.834. The first-order valence-corrected chi connectivity index (χ1v) is 6.83. The number of ether oxygens (including phenoxy) is 1. The second-order valence-electron chi connectivity index (χ2n) is 4.82. The first-order valence-electron chi connectivity index (χ1n) is 6.83. The SMILES string of the molecule is CCCn1c(C2CCCCO2)nc2cccnc21. The summed E-state index contributed by atoms with van der Waals surface area (Å²) in [5, 5.41) is 0. The Balaban J connectivity index is 2.05. The van der Waals surface area contributed by atoms with Gasteiger partial charge < -0.3 is 9.30 Å². The summed E-state index contributed by atoms with van der Waals surface area (Å²) in [6.07, 6.45) is 6.55. The van der Waals surface area contributed by atoms with Crippen LogP contribution in [0.1, 0.15) is 44.5 Å². The van der Waals surface area contributed by atoms with Gasteiger partial charge in [0.05, 0.1) is 0 Å². The zero-order valence-corrected chi connectivity index (χ0v) is 10.8.